The molecule has 0 aliphatic carbocycles. The third kappa shape index (κ3) is 2.64. The minimum absolute atomic E-state index is 0.0983. The summed E-state index contributed by atoms with van der Waals surface area (Å²) in [6.07, 6.45) is 3.96. The molecule has 2 aliphatic heterocycles. The van der Waals surface area contributed by atoms with Crippen LogP contribution in [0.25, 0.3) is 0 Å². The predicted molar refractivity (Wildman–Crippen MR) is 80.9 cm³/mol. The Bertz CT molecular complexity index is 443. The van der Waals surface area contributed by atoms with E-state index in [9.17, 15) is 0 Å². The van der Waals surface area contributed by atoms with Crippen LogP contribution in [0.4, 0.5) is 5.13 Å². The second-order valence-electron chi connectivity index (χ2n) is 5.87. The van der Waals surface area contributed by atoms with Gasteiger partial charge < -0.3 is 10.6 Å². The van der Waals surface area contributed by atoms with E-state index in [0.29, 0.717) is 0 Å². The van der Waals surface area contributed by atoms with Gasteiger partial charge in [0, 0.05) is 36.6 Å². The summed E-state index contributed by atoms with van der Waals surface area (Å²) in [5.41, 5.74) is 7.13. The zero-order chi connectivity index (χ0) is 13.4. The van der Waals surface area contributed by atoms with Gasteiger partial charge in [0.15, 0.2) is 5.13 Å². The second-order valence-corrected chi connectivity index (χ2v) is 6.88. The summed E-state index contributed by atoms with van der Waals surface area (Å²) in [4.78, 5) is 11.1. The molecule has 106 valence electrons. The third-order valence-electron chi connectivity index (χ3n) is 4.31. The van der Waals surface area contributed by atoms with Gasteiger partial charge >= 0.3 is 0 Å². The highest BCUT2D eigenvalue weighted by Crippen LogP contribution is 2.32. The smallest absolute Gasteiger partial charge is 0.185 e. The Morgan fingerprint density at radius 2 is 2.11 bits per heavy atom. The first-order chi connectivity index (χ1) is 9.15. The first-order valence-corrected chi connectivity index (χ1v) is 8.18. The van der Waals surface area contributed by atoms with Gasteiger partial charge in [0.05, 0.1) is 5.69 Å². The molecule has 0 saturated carbocycles. The normalized spacial score (nSPS) is 26.3. The van der Waals surface area contributed by atoms with Gasteiger partial charge in [0.1, 0.15) is 0 Å². The van der Waals surface area contributed by atoms with Gasteiger partial charge in [-0.3, -0.25) is 4.90 Å². The van der Waals surface area contributed by atoms with Crippen LogP contribution < -0.4 is 10.6 Å². The molecule has 0 aromatic carbocycles. The lowest BCUT2D eigenvalue weighted by Gasteiger charge is -2.25. The third-order valence-corrected chi connectivity index (χ3v) is 5.73. The number of aryl methyl sites for hydroxylation is 1. The van der Waals surface area contributed by atoms with Gasteiger partial charge in [-0.2, -0.15) is 0 Å². The zero-order valence-electron chi connectivity index (χ0n) is 11.9. The molecule has 4 nitrogen and oxygen atoms in total. The lowest BCUT2D eigenvalue weighted by Crippen LogP contribution is -2.36. The van der Waals surface area contributed by atoms with E-state index in [1.165, 1.54) is 42.4 Å². The van der Waals surface area contributed by atoms with Crippen molar-refractivity contribution < 1.29 is 0 Å². The van der Waals surface area contributed by atoms with Crippen molar-refractivity contribution in [1.82, 2.24) is 9.88 Å². The van der Waals surface area contributed by atoms with E-state index in [2.05, 4.69) is 16.7 Å². The van der Waals surface area contributed by atoms with Crippen LogP contribution in [0.3, 0.4) is 0 Å². The molecule has 19 heavy (non-hydrogen) atoms. The fourth-order valence-electron chi connectivity index (χ4n) is 3.33. The molecular weight excluding hydrogens is 256 g/mol. The molecule has 2 aliphatic rings. The Hall–Kier alpha value is -0.650. The molecule has 2 fully saturated rings. The SMILES string of the molecule is Cc1nc(N2CCCN3CCCC3C2)sc1C(C)N. The maximum atomic E-state index is 6.02. The average Bonchev–Trinajstić information content (AvgIpc) is 2.91. The highest BCUT2D eigenvalue weighted by Gasteiger charge is 2.30. The molecule has 3 rings (SSSR count). The van der Waals surface area contributed by atoms with Crippen LogP contribution in [0, 0.1) is 6.92 Å². The fraction of sp³-hybridized carbons (Fsp3) is 0.786. The Labute approximate surface area is 119 Å². The first kappa shape index (κ1) is 13.3. The van der Waals surface area contributed by atoms with Gasteiger partial charge in [-0.05, 0) is 39.7 Å². The van der Waals surface area contributed by atoms with Crippen molar-refractivity contribution >= 4 is 16.5 Å². The maximum Gasteiger partial charge on any atom is 0.185 e. The van der Waals surface area contributed by atoms with Crippen molar-refractivity contribution in [2.45, 2.75) is 45.2 Å². The molecule has 1 aromatic rings. The first-order valence-electron chi connectivity index (χ1n) is 7.37. The van der Waals surface area contributed by atoms with E-state index >= 15 is 0 Å². The quantitative estimate of drug-likeness (QED) is 0.901. The fourth-order valence-corrected chi connectivity index (χ4v) is 4.39. The summed E-state index contributed by atoms with van der Waals surface area (Å²) in [5.74, 6) is 0. The van der Waals surface area contributed by atoms with E-state index in [1.807, 2.05) is 6.92 Å². The number of fused-ring (bicyclic) bond motifs is 1. The number of nitrogens with zero attached hydrogens (tertiary/aromatic N) is 3. The Kier molecular flexibility index (Phi) is 3.78. The van der Waals surface area contributed by atoms with Crippen molar-refractivity contribution in [1.29, 1.82) is 0 Å². The summed E-state index contributed by atoms with van der Waals surface area (Å²) in [7, 11) is 0. The summed E-state index contributed by atoms with van der Waals surface area (Å²) >= 11 is 1.79. The highest BCUT2D eigenvalue weighted by molar-refractivity contribution is 7.15. The van der Waals surface area contributed by atoms with Crippen LogP contribution in [0.15, 0.2) is 0 Å². The number of anilines is 1. The van der Waals surface area contributed by atoms with Gasteiger partial charge in [0.25, 0.3) is 0 Å². The molecule has 0 amide bonds. The van der Waals surface area contributed by atoms with Gasteiger partial charge in [-0.1, -0.05) is 0 Å². The van der Waals surface area contributed by atoms with Crippen LogP contribution in [-0.2, 0) is 0 Å². The molecule has 5 heteroatoms. The molecule has 2 saturated heterocycles. The lowest BCUT2D eigenvalue weighted by molar-refractivity contribution is 0.273. The Morgan fingerprint density at radius 3 is 2.84 bits per heavy atom. The molecule has 2 unspecified atom stereocenters. The molecule has 3 heterocycles. The zero-order valence-corrected chi connectivity index (χ0v) is 12.7. The van der Waals surface area contributed by atoms with E-state index in [-0.39, 0.29) is 6.04 Å². The second kappa shape index (κ2) is 5.38. The standard InChI is InChI=1S/C14H24N4S/c1-10(15)13-11(2)16-14(19-13)18-8-4-7-17-6-3-5-12(17)9-18/h10,12H,3-9,15H2,1-2H3. The van der Waals surface area contributed by atoms with E-state index < -0.39 is 0 Å². The molecule has 2 N–H and O–H groups in total. The largest absolute Gasteiger partial charge is 0.346 e. The summed E-state index contributed by atoms with van der Waals surface area (Å²) < 4.78 is 0. The molecule has 2 atom stereocenters. The monoisotopic (exact) mass is 280 g/mol. The van der Waals surface area contributed by atoms with Gasteiger partial charge in [-0.15, -0.1) is 11.3 Å². The van der Waals surface area contributed by atoms with Crippen molar-refractivity contribution in [2.24, 2.45) is 5.73 Å². The lowest BCUT2D eigenvalue weighted by atomic mass is 10.2. The van der Waals surface area contributed by atoms with Crippen LogP contribution in [0.2, 0.25) is 0 Å². The van der Waals surface area contributed by atoms with Crippen LogP contribution in [0.5, 0.6) is 0 Å². The summed E-state index contributed by atoms with van der Waals surface area (Å²) in [6.45, 7) is 8.96. The number of thiazole rings is 1. The summed E-state index contributed by atoms with van der Waals surface area (Å²) in [5, 5.41) is 1.18. The topological polar surface area (TPSA) is 45.4 Å². The molecular formula is C14H24N4S. The van der Waals surface area contributed by atoms with E-state index in [4.69, 9.17) is 10.7 Å². The Morgan fingerprint density at radius 1 is 1.32 bits per heavy atom. The Balaban J connectivity index is 1.79. The molecule has 1 aromatic heterocycles. The van der Waals surface area contributed by atoms with Crippen LogP contribution in [0.1, 0.15) is 42.8 Å². The van der Waals surface area contributed by atoms with Crippen molar-refractivity contribution in [3.05, 3.63) is 10.6 Å². The van der Waals surface area contributed by atoms with E-state index in [1.54, 1.807) is 11.3 Å². The maximum absolute atomic E-state index is 6.02. The number of hydrogen-bond donors (Lipinski definition) is 1. The highest BCUT2D eigenvalue weighted by atomic mass is 32.1. The van der Waals surface area contributed by atoms with Crippen LogP contribution >= 0.6 is 11.3 Å². The minimum Gasteiger partial charge on any atom is -0.346 e. The molecule has 0 bridgehead atoms. The van der Waals surface area contributed by atoms with E-state index in [0.717, 1.165) is 24.8 Å². The number of rotatable bonds is 2. The molecule has 0 spiro atoms. The average molecular weight is 280 g/mol. The number of hydrogen-bond acceptors (Lipinski definition) is 5. The summed E-state index contributed by atoms with van der Waals surface area (Å²) in [6, 6.07) is 0.840. The molecule has 0 radical (unpaired) electrons. The van der Waals surface area contributed by atoms with Crippen molar-refractivity contribution in [2.75, 3.05) is 31.1 Å². The van der Waals surface area contributed by atoms with Crippen molar-refractivity contribution in [3.63, 3.8) is 0 Å². The minimum atomic E-state index is 0.0983. The van der Waals surface area contributed by atoms with Crippen LogP contribution in [-0.4, -0.2) is 42.1 Å². The number of aromatic nitrogens is 1. The van der Waals surface area contributed by atoms with Gasteiger partial charge in [0.2, 0.25) is 0 Å². The predicted octanol–water partition coefficient (Wildman–Crippen LogP) is 2.15. The van der Waals surface area contributed by atoms with Crippen molar-refractivity contribution in [3.8, 4) is 0 Å². The number of nitrogens with two attached hydrogens (primary N) is 1. The van der Waals surface area contributed by atoms with Gasteiger partial charge in [-0.25, -0.2) is 4.98 Å².